The summed E-state index contributed by atoms with van der Waals surface area (Å²) in [6.45, 7) is 0.824. The van der Waals surface area contributed by atoms with Gasteiger partial charge in [0.05, 0.1) is 12.6 Å². The minimum absolute atomic E-state index is 0.0612. The molecule has 104 valence electrons. The summed E-state index contributed by atoms with van der Waals surface area (Å²) in [6.07, 6.45) is 0.236. The molecule has 0 aromatic heterocycles. The Morgan fingerprint density at radius 2 is 2.32 bits per heavy atom. The zero-order valence-corrected chi connectivity index (χ0v) is 12.2. The SMILES string of the molecule is COCCN1C(=O)CC(N)C1c1cc(Br)ccc1F. The van der Waals surface area contributed by atoms with Crippen LogP contribution in [0, 0.1) is 5.82 Å². The van der Waals surface area contributed by atoms with Crippen LogP contribution in [0.1, 0.15) is 18.0 Å². The second-order valence-electron chi connectivity index (χ2n) is 4.56. The molecular weight excluding hydrogens is 315 g/mol. The standard InChI is InChI=1S/C13H16BrFN2O2/c1-19-5-4-17-12(18)7-11(16)13(17)9-6-8(14)2-3-10(9)15/h2-3,6,11,13H,4-5,7,16H2,1H3. The number of rotatable bonds is 4. The first-order chi connectivity index (χ1) is 9.04. The van der Waals surface area contributed by atoms with Crippen LogP contribution in [-0.2, 0) is 9.53 Å². The molecule has 1 saturated heterocycles. The summed E-state index contributed by atoms with van der Waals surface area (Å²) in [5.41, 5.74) is 6.45. The summed E-state index contributed by atoms with van der Waals surface area (Å²) < 4.78 is 19.7. The number of amides is 1. The third-order valence-corrected chi connectivity index (χ3v) is 3.78. The van der Waals surface area contributed by atoms with Crippen LogP contribution < -0.4 is 5.73 Å². The van der Waals surface area contributed by atoms with Gasteiger partial charge in [-0.1, -0.05) is 15.9 Å². The van der Waals surface area contributed by atoms with Crippen LogP contribution >= 0.6 is 15.9 Å². The third-order valence-electron chi connectivity index (χ3n) is 3.29. The van der Waals surface area contributed by atoms with Crippen molar-refractivity contribution in [2.24, 2.45) is 5.73 Å². The number of carbonyl (C=O) groups excluding carboxylic acids is 1. The molecule has 4 nitrogen and oxygen atoms in total. The normalized spacial score (nSPS) is 23.2. The van der Waals surface area contributed by atoms with Crippen molar-refractivity contribution in [2.75, 3.05) is 20.3 Å². The lowest BCUT2D eigenvalue weighted by atomic mass is 10.0. The number of likely N-dealkylation sites (tertiary alicyclic amines) is 1. The van der Waals surface area contributed by atoms with E-state index in [1.807, 2.05) is 0 Å². The molecule has 0 saturated carbocycles. The molecule has 1 aromatic rings. The van der Waals surface area contributed by atoms with Crippen LogP contribution in [0.25, 0.3) is 0 Å². The van der Waals surface area contributed by atoms with E-state index in [1.165, 1.54) is 6.07 Å². The van der Waals surface area contributed by atoms with E-state index < -0.39 is 12.1 Å². The van der Waals surface area contributed by atoms with Gasteiger partial charge in [0, 0.05) is 36.2 Å². The zero-order chi connectivity index (χ0) is 14.0. The number of ether oxygens (including phenoxy) is 1. The lowest BCUT2D eigenvalue weighted by Crippen LogP contribution is -2.35. The second-order valence-corrected chi connectivity index (χ2v) is 5.47. The highest BCUT2D eigenvalue weighted by Gasteiger charge is 2.39. The van der Waals surface area contributed by atoms with Crippen molar-refractivity contribution in [3.05, 3.63) is 34.1 Å². The maximum Gasteiger partial charge on any atom is 0.224 e. The predicted molar refractivity (Wildman–Crippen MR) is 73.0 cm³/mol. The summed E-state index contributed by atoms with van der Waals surface area (Å²) in [7, 11) is 1.56. The number of methoxy groups -OCH3 is 1. The molecule has 2 rings (SSSR count). The zero-order valence-electron chi connectivity index (χ0n) is 10.6. The van der Waals surface area contributed by atoms with Crippen LogP contribution in [0.4, 0.5) is 4.39 Å². The lowest BCUT2D eigenvalue weighted by Gasteiger charge is -2.27. The summed E-state index contributed by atoms with van der Waals surface area (Å²) in [5.74, 6) is -0.408. The van der Waals surface area contributed by atoms with Gasteiger partial charge in [0.1, 0.15) is 5.82 Å². The monoisotopic (exact) mass is 330 g/mol. The summed E-state index contributed by atoms with van der Waals surface area (Å²) in [6, 6.07) is 3.86. The van der Waals surface area contributed by atoms with Gasteiger partial charge in [0.15, 0.2) is 0 Å². The Morgan fingerprint density at radius 3 is 3.00 bits per heavy atom. The van der Waals surface area contributed by atoms with Crippen LogP contribution in [-0.4, -0.2) is 37.1 Å². The first-order valence-corrected chi connectivity index (χ1v) is 6.83. The first-order valence-electron chi connectivity index (χ1n) is 6.03. The maximum absolute atomic E-state index is 14.0. The summed E-state index contributed by atoms with van der Waals surface area (Å²) >= 11 is 3.32. The number of carbonyl (C=O) groups is 1. The fraction of sp³-hybridized carbons (Fsp3) is 0.462. The van der Waals surface area contributed by atoms with Crippen molar-refractivity contribution < 1.29 is 13.9 Å². The van der Waals surface area contributed by atoms with Gasteiger partial charge in [-0.25, -0.2) is 4.39 Å². The fourth-order valence-electron chi connectivity index (χ4n) is 2.41. The van der Waals surface area contributed by atoms with E-state index in [1.54, 1.807) is 24.1 Å². The topological polar surface area (TPSA) is 55.6 Å². The average molecular weight is 331 g/mol. The van der Waals surface area contributed by atoms with Gasteiger partial charge in [-0.2, -0.15) is 0 Å². The molecule has 19 heavy (non-hydrogen) atoms. The Hall–Kier alpha value is -0.980. The number of halogens is 2. The lowest BCUT2D eigenvalue weighted by molar-refractivity contribution is -0.129. The van der Waals surface area contributed by atoms with Crippen molar-refractivity contribution in [3.8, 4) is 0 Å². The molecule has 2 atom stereocenters. The van der Waals surface area contributed by atoms with Gasteiger partial charge in [0.2, 0.25) is 5.91 Å². The fourth-order valence-corrected chi connectivity index (χ4v) is 2.79. The van der Waals surface area contributed by atoms with Crippen molar-refractivity contribution in [3.63, 3.8) is 0 Å². The van der Waals surface area contributed by atoms with Crippen LogP contribution in [0.3, 0.4) is 0 Å². The summed E-state index contributed by atoms with van der Waals surface area (Å²) in [4.78, 5) is 13.5. The Morgan fingerprint density at radius 1 is 1.58 bits per heavy atom. The highest BCUT2D eigenvalue weighted by molar-refractivity contribution is 9.10. The quantitative estimate of drug-likeness (QED) is 0.916. The van der Waals surface area contributed by atoms with Crippen LogP contribution in [0.2, 0.25) is 0 Å². The Kier molecular flexibility index (Phi) is 4.54. The molecular formula is C13H16BrFN2O2. The van der Waals surface area contributed by atoms with E-state index in [0.717, 1.165) is 4.47 Å². The molecule has 1 aliphatic heterocycles. The molecule has 1 fully saturated rings. The van der Waals surface area contributed by atoms with E-state index in [9.17, 15) is 9.18 Å². The molecule has 0 bridgehead atoms. The van der Waals surface area contributed by atoms with Crippen molar-refractivity contribution in [1.82, 2.24) is 4.90 Å². The summed E-state index contributed by atoms with van der Waals surface area (Å²) in [5, 5.41) is 0. The van der Waals surface area contributed by atoms with Crippen LogP contribution in [0.15, 0.2) is 22.7 Å². The van der Waals surface area contributed by atoms with E-state index >= 15 is 0 Å². The maximum atomic E-state index is 14.0. The third kappa shape index (κ3) is 2.96. The van der Waals surface area contributed by atoms with Gasteiger partial charge in [-0.15, -0.1) is 0 Å². The largest absolute Gasteiger partial charge is 0.383 e. The molecule has 2 unspecified atom stereocenters. The van der Waals surface area contributed by atoms with Crippen molar-refractivity contribution in [2.45, 2.75) is 18.5 Å². The van der Waals surface area contributed by atoms with Gasteiger partial charge in [-0.3, -0.25) is 4.79 Å². The number of nitrogens with zero attached hydrogens (tertiary/aromatic N) is 1. The molecule has 1 amide bonds. The molecule has 0 aliphatic carbocycles. The number of nitrogens with two attached hydrogens (primary N) is 1. The Bertz CT molecular complexity index is 484. The molecule has 1 aliphatic rings. The van der Waals surface area contributed by atoms with E-state index in [4.69, 9.17) is 10.5 Å². The Labute approximate surface area is 119 Å². The van der Waals surface area contributed by atoms with Gasteiger partial charge >= 0.3 is 0 Å². The molecule has 1 heterocycles. The minimum atomic E-state index is -0.430. The first kappa shape index (κ1) is 14.4. The molecule has 0 radical (unpaired) electrons. The number of benzene rings is 1. The predicted octanol–water partition coefficient (Wildman–Crippen LogP) is 1.84. The highest BCUT2D eigenvalue weighted by atomic mass is 79.9. The smallest absolute Gasteiger partial charge is 0.224 e. The number of hydrogen-bond donors (Lipinski definition) is 1. The van der Waals surface area contributed by atoms with Crippen molar-refractivity contribution in [1.29, 1.82) is 0 Å². The highest BCUT2D eigenvalue weighted by Crippen LogP contribution is 2.34. The van der Waals surface area contributed by atoms with E-state index in [0.29, 0.717) is 18.7 Å². The van der Waals surface area contributed by atoms with Gasteiger partial charge in [-0.05, 0) is 18.2 Å². The minimum Gasteiger partial charge on any atom is -0.383 e. The Balaban J connectivity index is 2.33. The van der Waals surface area contributed by atoms with E-state index in [-0.39, 0.29) is 18.1 Å². The van der Waals surface area contributed by atoms with Crippen molar-refractivity contribution >= 4 is 21.8 Å². The molecule has 2 N–H and O–H groups in total. The second kappa shape index (κ2) is 5.98. The van der Waals surface area contributed by atoms with Crippen LogP contribution in [0.5, 0.6) is 0 Å². The van der Waals surface area contributed by atoms with Gasteiger partial charge < -0.3 is 15.4 Å². The molecule has 6 heteroatoms. The molecule has 0 spiro atoms. The van der Waals surface area contributed by atoms with E-state index in [2.05, 4.69) is 15.9 Å². The van der Waals surface area contributed by atoms with Gasteiger partial charge in [0.25, 0.3) is 0 Å². The average Bonchev–Trinajstić information content (AvgIpc) is 2.64. The molecule has 1 aromatic carbocycles. The number of hydrogen-bond acceptors (Lipinski definition) is 3.